The van der Waals surface area contributed by atoms with Gasteiger partial charge < -0.3 is 15.0 Å². The average molecular weight is 451 g/mol. The molecule has 0 heterocycles. The van der Waals surface area contributed by atoms with Gasteiger partial charge in [0, 0.05) is 24.5 Å². The molecule has 0 unspecified atom stereocenters. The van der Waals surface area contributed by atoms with Gasteiger partial charge in [0.05, 0.1) is 7.11 Å². The Hall–Kier alpha value is -3.31. The summed E-state index contributed by atoms with van der Waals surface area (Å²) >= 11 is 6.25. The first-order valence-electron chi connectivity index (χ1n) is 10.5. The van der Waals surface area contributed by atoms with E-state index in [2.05, 4.69) is 5.32 Å². The maximum Gasteiger partial charge on any atom is 0.247 e. The SMILES string of the molecule is CCC(=O)N(Cc1ccc(OC)cc1)[C@H](C(=O)NCc1ccccc1Cl)c1ccccc1. The minimum Gasteiger partial charge on any atom is -0.497 e. The lowest BCUT2D eigenvalue weighted by Crippen LogP contribution is -2.43. The second kappa shape index (κ2) is 11.3. The number of hydrogen-bond donors (Lipinski definition) is 1. The molecule has 0 radical (unpaired) electrons. The predicted octanol–water partition coefficient (Wildman–Crippen LogP) is 5.14. The fraction of sp³-hybridized carbons (Fsp3) is 0.231. The summed E-state index contributed by atoms with van der Waals surface area (Å²) < 4.78 is 5.23. The molecule has 3 aromatic carbocycles. The third-order valence-corrected chi connectivity index (χ3v) is 5.59. The van der Waals surface area contributed by atoms with E-state index in [0.29, 0.717) is 11.6 Å². The van der Waals surface area contributed by atoms with Gasteiger partial charge in [0.2, 0.25) is 11.8 Å². The number of carbonyl (C=O) groups is 2. The zero-order valence-electron chi connectivity index (χ0n) is 18.3. The number of nitrogens with zero attached hydrogens (tertiary/aromatic N) is 1. The molecule has 0 saturated carbocycles. The minimum absolute atomic E-state index is 0.109. The molecule has 32 heavy (non-hydrogen) atoms. The summed E-state index contributed by atoms with van der Waals surface area (Å²) in [6, 6.07) is 23.4. The number of amides is 2. The normalized spacial score (nSPS) is 11.5. The van der Waals surface area contributed by atoms with Crippen LogP contribution in [0.25, 0.3) is 0 Å². The van der Waals surface area contributed by atoms with Crippen molar-refractivity contribution in [2.45, 2.75) is 32.5 Å². The highest BCUT2D eigenvalue weighted by Crippen LogP contribution is 2.26. The molecule has 0 aliphatic carbocycles. The molecule has 0 saturated heterocycles. The molecule has 0 aliphatic heterocycles. The van der Waals surface area contributed by atoms with Crippen molar-refractivity contribution in [2.24, 2.45) is 0 Å². The summed E-state index contributed by atoms with van der Waals surface area (Å²) in [5.41, 5.74) is 2.48. The summed E-state index contributed by atoms with van der Waals surface area (Å²) in [5, 5.41) is 3.55. The van der Waals surface area contributed by atoms with Crippen LogP contribution in [0.15, 0.2) is 78.9 Å². The van der Waals surface area contributed by atoms with Gasteiger partial charge >= 0.3 is 0 Å². The van der Waals surface area contributed by atoms with E-state index in [1.165, 1.54) is 0 Å². The smallest absolute Gasteiger partial charge is 0.247 e. The van der Waals surface area contributed by atoms with E-state index in [0.717, 1.165) is 22.4 Å². The standard InChI is InChI=1S/C26H27ClN2O3/c1-3-24(30)29(18-19-13-15-22(32-2)16-14-19)25(20-9-5-4-6-10-20)26(31)28-17-21-11-7-8-12-23(21)27/h4-16,25H,3,17-18H2,1-2H3,(H,28,31)/t25-/m0/s1. The molecule has 1 N–H and O–H groups in total. The second-order valence-corrected chi connectivity index (χ2v) is 7.75. The molecule has 1 atom stereocenters. The van der Waals surface area contributed by atoms with Crippen molar-refractivity contribution in [3.05, 3.63) is 101 Å². The van der Waals surface area contributed by atoms with Crippen LogP contribution in [0.3, 0.4) is 0 Å². The Kier molecular flexibility index (Phi) is 8.28. The van der Waals surface area contributed by atoms with E-state index in [-0.39, 0.29) is 24.8 Å². The fourth-order valence-electron chi connectivity index (χ4n) is 3.48. The van der Waals surface area contributed by atoms with Crippen molar-refractivity contribution in [1.29, 1.82) is 0 Å². The molecule has 3 rings (SSSR count). The van der Waals surface area contributed by atoms with Gasteiger partial charge in [0.25, 0.3) is 0 Å². The monoisotopic (exact) mass is 450 g/mol. The van der Waals surface area contributed by atoms with Crippen LogP contribution in [0.1, 0.15) is 36.1 Å². The number of hydrogen-bond acceptors (Lipinski definition) is 3. The van der Waals surface area contributed by atoms with Crippen LogP contribution in [0.4, 0.5) is 0 Å². The molecular weight excluding hydrogens is 424 g/mol. The molecule has 0 aromatic heterocycles. The Balaban J connectivity index is 1.90. The largest absolute Gasteiger partial charge is 0.497 e. The molecular formula is C26H27ClN2O3. The Morgan fingerprint density at radius 1 is 0.969 bits per heavy atom. The topological polar surface area (TPSA) is 58.6 Å². The van der Waals surface area contributed by atoms with Crippen molar-refractivity contribution in [1.82, 2.24) is 10.2 Å². The maximum atomic E-state index is 13.4. The third-order valence-electron chi connectivity index (χ3n) is 5.22. The van der Waals surface area contributed by atoms with Crippen LogP contribution in [0.5, 0.6) is 5.75 Å². The van der Waals surface area contributed by atoms with Crippen LogP contribution in [-0.2, 0) is 22.7 Å². The number of nitrogens with one attached hydrogen (secondary N) is 1. The van der Waals surface area contributed by atoms with E-state index < -0.39 is 6.04 Å². The highest BCUT2D eigenvalue weighted by molar-refractivity contribution is 6.31. The van der Waals surface area contributed by atoms with Gasteiger partial charge in [0.15, 0.2) is 0 Å². The average Bonchev–Trinajstić information content (AvgIpc) is 2.83. The molecule has 5 nitrogen and oxygen atoms in total. The van der Waals surface area contributed by atoms with E-state index in [1.807, 2.05) is 72.8 Å². The summed E-state index contributed by atoms with van der Waals surface area (Å²) in [4.78, 5) is 28.0. The van der Waals surface area contributed by atoms with E-state index >= 15 is 0 Å². The summed E-state index contributed by atoms with van der Waals surface area (Å²) in [7, 11) is 1.61. The molecule has 0 fully saturated rings. The second-order valence-electron chi connectivity index (χ2n) is 7.35. The van der Waals surface area contributed by atoms with Crippen LogP contribution in [0, 0.1) is 0 Å². The number of rotatable bonds is 9. The molecule has 0 bridgehead atoms. The molecule has 0 aliphatic rings. The zero-order chi connectivity index (χ0) is 22.9. The number of ether oxygens (including phenoxy) is 1. The minimum atomic E-state index is -0.770. The lowest BCUT2D eigenvalue weighted by molar-refractivity contribution is -0.141. The van der Waals surface area contributed by atoms with Crippen molar-refractivity contribution >= 4 is 23.4 Å². The Bertz CT molecular complexity index is 1040. The molecule has 6 heteroatoms. The molecule has 2 amide bonds. The highest BCUT2D eigenvalue weighted by Gasteiger charge is 2.30. The molecule has 0 spiro atoms. The predicted molar refractivity (Wildman–Crippen MR) is 126 cm³/mol. The van der Waals surface area contributed by atoms with Crippen molar-refractivity contribution in [3.8, 4) is 5.75 Å². The first kappa shape index (κ1) is 23.4. The van der Waals surface area contributed by atoms with E-state index in [4.69, 9.17) is 16.3 Å². The van der Waals surface area contributed by atoms with Gasteiger partial charge in [-0.3, -0.25) is 9.59 Å². The number of methoxy groups -OCH3 is 1. The Morgan fingerprint density at radius 2 is 1.62 bits per heavy atom. The third kappa shape index (κ3) is 5.89. The van der Waals surface area contributed by atoms with E-state index in [9.17, 15) is 9.59 Å². The van der Waals surface area contributed by atoms with Crippen LogP contribution >= 0.6 is 11.6 Å². The van der Waals surface area contributed by atoms with Crippen molar-refractivity contribution < 1.29 is 14.3 Å². The van der Waals surface area contributed by atoms with Gasteiger partial charge in [-0.1, -0.05) is 79.2 Å². The number of carbonyl (C=O) groups excluding carboxylic acids is 2. The van der Waals surface area contributed by atoms with Crippen LogP contribution in [-0.4, -0.2) is 23.8 Å². The van der Waals surface area contributed by atoms with Gasteiger partial charge in [-0.05, 0) is 34.9 Å². The number of halogens is 1. The quantitative estimate of drug-likeness (QED) is 0.490. The summed E-state index contributed by atoms with van der Waals surface area (Å²) in [6.07, 6.45) is 0.289. The van der Waals surface area contributed by atoms with Gasteiger partial charge in [-0.25, -0.2) is 0 Å². The zero-order valence-corrected chi connectivity index (χ0v) is 19.0. The Morgan fingerprint density at radius 3 is 2.25 bits per heavy atom. The van der Waals surface area contributed by atoms with Gasteiger partial charge in [-0.15, -0.1) is 0 Å². The summed E-state index contributed by atoms with van der Waals surface area (Å²) in [5.74, 6) is 0.369. The fourth-order valence-corrected chi connectivity index (χ4v) is 3.69. The van der Waals surface area contributed by atoms with E-state index in [1.54, 1.807) is 25.0 Å². The molecule has 166 valence electrons. The number of benzene rings is 3. The van der Waals surface area contributed by atoms with Gasteiger partial charge in [-0.2, -0.15) is 0 Å². The van der Waals surface area contributed by atoms with Crippen molar-refractivity contribution in [2.75, 3.05) is 7.11 Å². The van der Waals surface area contributed by atoms with Gasteiger partial charge in [0.1, 0.15) is 11.8 Å². The Labute approximate surface area is 194 Å². The molecule has 3 aromatic rings. The first-order chi connectivity index (χ1) is 15.5. The van der Waals surface area contributed by atoms with Crippen molar-refractivity contribution in [3.63, 3.8) is 0 Å². The van der Waals surface area contributed by atoms with Crippen LogP contribution < -0.4 is 10.1 Å². The van der Waals surface area contributed by atoms with Crippen LogP contribution in [0.2, 0.25) is 5.02 Å². The summed E-state index contributed by atoms with van der Waals surface area (Å²) in [6.45, 7) is 2.38. The lowest BCUT2D eigenvalue weighted by atomic mass is 10.0. The highest BCUT2D eigenvalue weighted by atomic mass is 35.5. The lowest BCUT2D eigenvalue weighted by Gasteiger charge is -2.31. The maximum absolute atomic E-state index is 13.4. The first-order valence-corrected chi connectivity index (χ1v) is 10.9.